The molecule has 0 saturated carbocycles. The zero-order valence-corrected chi connectivity index (χ0v) is 15.1. The minimum atomic E-state index is -3.32. The van der Waals surface area contributed by atoms with Crippen LogP contribution < -0.4 is 10.0 Å². The van der Waals surface area contributed by atoms with Crippen LogP contribution in [0, 0.1) is 11.3 Å². The lowest BCUT2D eigenvalue weighted by atomic mass is 9.91. The molecule has 1 rings (SSSR count). The summed E-state index contributed by atoms with van der Waals surface area (Å²) in [6, 6.07) is 0.490. The predicted octanol–water partition coefficient (Wildman–Crippen LogP) is 1.97. The van der Waals surface area contributed by atoms with Crippen LogP contribution in [0.3, 0.4) is 0 Å². The molecule has 0 spiro atoms. The average molecular weight is 320 g/mol. The van der Waals surface area contributed by atoms with E-state index in [2.05, 4.69) is 44.7 Å². The molecule has 0 radical (unpaired) electrons. The Bertz CT molecular complexity index is 399. The number of nitrogens with zero attached hydrogens (tertiary/aromatic N) is 1. The Morgan fingerprint density at radius 1 is 1.24 bits per heavy atom. The topological polar surface area (TPSA) is 61.4 Å². The van der Waals surface area contributed by atoms with Crippen molar-refractivity contribution in [3.8, 4) is 0 Å². The molecule has 0 aliphatic carbocycles. The highest BCUT2D eigenvalue weighted by Crippen LogP contribution is 2.21. The molecule has 0 aromatic heterocycles. The molecule has 0 atom stereocenters. The van der Waals surface area contributed by atoms with Crippen LogP contribution >= 0.6 is 0 Å². The van der Waals surface area contributed by atoms with Gasteiger partial charge >= 0.3 is 0 Å². The lowest BCUT2D eigenvalue weighted by Gasteiger charge is -2.33. The fourth-order valence-corrected chi connectivity index (χ4v) is 3.71. The monoisotopic (exact) mass is 319 g/mol. The second-order valence-corrected chi connectivity index (χ2v) is 9.00. The molecule has 1 heterocycles. The van der Waals surface area contributed by atoms with Gasteiger partial charge in [-0.3, -0.25) is 0 Å². The van der Waals surface area contributed by atoms with Crippen LogP contribution in [0.1, 0.15) is 53.9 Å². The van der Waals surface area contributed by atoms with E-state index in [1.165, 1.54) is 0 Å². The summed E-state index contributed by atoms with van der Waals surface area (Å²) in [6.45, 7) is 13.3. The first-order valence-corrected chi connectivity index (χ1v) is 9.58. The number of piperidine rings is 1. The number of hydrogen-bond donors (Lipinski definition) is 2. The maximum atomic E-state index is 12.3. The van der Waals surface area contributed by atoms with Crippen LogP contribution in [0.5, 0.6) is 0 Å². The third-order valence-electron chi connectivity index (χ3n) is 4.42. The second-order valence-electron chi connectivity index (χ2n) is 7.25. The van der Waals surface area contributed by atoms with Gasteiger partial charge in [0.1, 0.15) is 0 Å². The molecular formula is C15H33N3O2S. The van der Waals surface area contributed by atoms with Gasteiger partial charge in [0.2, 0.25) is 0 Å². The van der Waals surface area contributed by atoms with Crippen molar-refractivity contribution in [3.05, 3.63) is 0 Å². The van der Waals surface area contributed by atoms with Crippen LogP contribution in [0.4, 0.5) is 0 Å². The van der Waals surface area contributed by atoms with Gasteiger partial charge in [0, 0.05) is 25.7 Å². The first-order valence-electron chi connectivity index (χ1n) is 8.14. The van der Waals surface area contributed by atoms with Crippen molar-refractivity contribution in [1.29, 1.82) is 0 Å². The minimum Gasteiger partial charge on any atom is -0.314 e. The van der Waals surface area contributed by atoms with E-state index in [0.29, 0.717) is 31.6 Å². The maximum absolute atomic E-state index is 12.3. The van der Waals surface area contributed by atoms with Crippen molar-refractivity contribution < 1.29 is 8.42 Å². The molecule has 0 amide bonds. The molecule has 0 bridgehead atoms. The standard InChI is InChI=1S/C15H33N3O2S/c1-6-15(4,5)12-17-21(19,20)18-9-7-14(8-10-18)11-16-13(2)3/h13-14,16-17H,6-12H2,1-5H3. The molecule has 1 aliphatic rings. The van der Waals surface area contributed by atoms with E-state index >= 15 is 0 Å². The summed E-state index contributed by atoms with van der Waals surface area (Å²) >= 11 is 0. The number of nitrogens with one attached hydrogen (secondary N) is 2. The first kappa shape index (κ1) is 18.9. The smallest absolute Gasteiger partial charge is 0.279 e. The fourth-order valence-electron chi connectivity index (χ4n) is 2.26. The van der Waals surface area contributed by atoms with Gasteiger partial charge in [0.05, 0.1) is 0 Å². The third-order valence-corrected chi connectivity index (χ3v) is 5.97. The highest BCUT2D eigenvalue weighted by molar-refractivity contribution is 7.87. The van der Waals surface area contributed by atoms with Crippen molar-refractivity contribution in [2.45, 2.75) is 59.9 Å². The summed E-state index contributed by atoms with van der Waals surface area (Å²) in [5.41, 5.74) is 0.00652. The Labute approximate surface area is 131 Å². The van der Waals surface area contributed by atoms with Crippen LogP contribution in [0.25, 0.3) is 0 Å². The SMILES string of the molecule is CCC(C)(C)CNS(=O)(=O)N1CCC(CNC(C)C)CC1. The molecule has 1 fully saturated rings. The van der Waals surface area contributed by atoms with Gasteiger partial charge in [-0.05, 0) is 37.1 Å². The largest absolute Gasteiger partial charge is 0.314 e. The molecule has 2 N–H and O–H groups in total. The molecule has 0 unspecified atom stereocenters. The van der Waals surface area contributed by atoms with Gasteiger partial charge in [-0.1, -0.05) is 34.6 Å². The number of hydrogen-bond acceptors (Lipinski definition) is 3. The van der Waals surface area contributed by atoms with E-state index in [-0.39, 0.29) is 5.41 Å². The van der Waals surface area contributed by atoms with Gasteiger partial charge in [-0.25, -0.2) is 4.72 Å². The molecular weight excluding hydrogens is 286 g/mol. The van der Waals surface area contributed by atoms with Gasteiger partial charge in [0.25, 0.3) is 10.2 Å². The molecule has 1 saturated heterocycles. The Morgan fingerprint density at radius 3 is 2.29 bits per heavy atom. The lowest BCUT2D eigenvalue weighted by molar-refractivity contribution is 0.258. The zero-order chi connectivity index (χ0) is 16.1. The van der Waals surface area contributed by atoms with Gasteiger partial charge in [0.15, 0.2) is 0 Å². The summed E-state index contributed by atoms with van der Waals surface area (Å²) in [4.78, 5) is 0. The maximum Gasteiger partial charge on any atom is 0.279 e. The summed E-state index contributed by atoms with van der Waals surface area (Å²) in [5, 5.41) is 3.44. The van der Waals surface area contributed by atoms with E-state index in [1.54, 1.807) is 4.31 Å². The molecule has 0 aromatic rings. The summed E-state index contributed by atoms with van der Waals surface area (Å²) < 4.78 is 29.0. The molecule has 0 aromatic carbocycles. The highest BCUT2D eigenvalue weighted by atomic mass is 32.2. The Kier molecular flexibility index (Phi) is 7.10. The van der Waals surface area contributed by atoms with Crippen LogP contribution in [-0.4, -0.2) is 44.9 Å². The number of rotatable bonds is 8. The zero-order valence-electron chi connectivity index (χ0n) is 14.3. The van der Waals surface area contributed by atoms with Crippen molar-refractivity contribution in [2.75, 3.05) is 26.2 Å². The van der Waals surface area contributed by atoms with Crippen molar-refractivity contribution in [1.82, 2.24) is 14.3 Å². The molecule has 6 heteroatoms. The first-order chi connectivity index (χ1) is 9.66. The van der Waals surface area contributed by atoms with E-state index in [9.17, 15) is 8.42 Å². The predicted molar refractivity (Wildman–Crippen MR) is 88.4 cm³/mol. The average Bonchev–Trinajstić information content (AvgIpc) is 2.44. The second kappa shape index (κ2) is 7.90. The summed E-state index contributed by atoms with van der Waals surface area (Å²) in [7, 11) is -3.32. The Balaban J connectivity index is 2.41. The minimum absolute atomic E-state index is 0.00652. The quantitative estimate of drug-likeness (QED) is 0.719. The van der Waals surface area contributed by atoms with Gasteiger partial charge < -0.3 is 5.32 Å². The van der Waals surface area contributed by atoms with Crippen LogP contribution in [0.15, 0.2) is 0 Å². The van der Waals surface area contributed by atoms with E-state index in [0.717, 1.165) is 25.8 Å². The van der Waals surface area contributed by atoms with Crippen LogP contribution in [0.2, 0.25) is 0 Å². The van der Waals surface area contributed by atoms with E-state index < -0.39 is 10.2 Å². The summed E-state index contributed by atoms with van der Waals surface area (Å²) in [5.74, 6) is 0.589. The molecule has 21 heavy (non-hydrogen) atoms. The highest BCUT2D eigenvalue weighted by Gasteiger charge is 2.29. The van der Waals surface area contributed by atoms with Crippen LogP contribution in [-0.2, 0) is 10.2 Å². The summed E-state index contributed by atoms with van der Waals surface area (Å²) in [6.07, 6.45) is 2.84. The molecule has 126 valence electrons. The van der Waals surface area contributed by atoms with Crippen molar-refractivity contribution in [3.63, 3.8) is 0 Å². The Morgan fingerprint density at radius 2 is 1.81 bits per heavy atom. The molecule has 1 aliphatic heterocycles. The Hall–Kier alpha value is -0.170. The normalized spacial score (nSPS) is 19.3. The van der Waals surface area contributed by atoms with E-state index in [4.69, 9.17) is 0 Å². The molecule has 5 nitrogen and oxygen atoms in total. The van der Waals surface area contributed by atoms with Gasteiger partial charge in [-0.2, -0.15) is 12.7 Å². The van der Waals surface area contributed by atoms with Crippen molar-refractivity contribution in [2.24, 2.45) is 11.3 Å². The van der Waals surface area contributed by atoms with Crippen molar-refractivity contribution >= 4 is 10.2 Å². The van der Waals surface area contributed by atoms with E-state index in [1.807, 2.05) is 0 Å². The third kappa shape index (κ3) is 6.63. The van der Waals surface area contributed by atoms with Gasteiger partial charge in [-0.15, -0.1) is 0 Å². The fraction of sp³-hybridized carbons (Fsp3) is 1.00. The lowest BCUT2D eigenvalue weighted by Crippen LogP contribution is -2.48.